The average Bonchev–Trinajstić information content (AvgIpc) is 2.42. The van der Waals surface area contributed by atoms with Crippen molar-refractivity contribution in [2.24, 2.45) is 0 Å². The molecule has 7 nitrogen and oxygen atoms in total. The summed E-state index contributed by atoms with van der Waals surface area (Å²) in [4.78, 5) is 22.4. The summed E-state index contributed by atoms with van der Waals surface area (Å²) in [7, 11) is 0. The average molecular weight is 332 g/mol. The van der Waals surface area contributed by atoms with Gasteiger partial charge in [0.2, 0.25) is 0 Å². The van der Waals surface area contributed by atoms with Gasteiger partial charge in [0.1, 0.15) is 18.8 Å². The van der Waals surface area contributed by atoms with E-state index >= 15 is 0 Å². The first-order chi connectivity index (χ1) is 10.7. The Labute approximate surface area is 137 Å². The normalized spacial score (nSPS) is 11.1. The summed E-state index contributed by atoms with van der Waals surface area (Å²) < 4.78 is 25.5. The summed E-state index contributed by atoms with van der Waals surface area (Å²) in [5.41, 5.74) is -0.146. The molecule has 0 saturated carbocycles. The quantitative estimate of drug-likeness (QED) is 0.304. The van der Waals surface area contributed by atoms with Gasteiger partial charge in [-0.1, -0.05) is 6.58 Å². The largest absolute Gasteiger partial charge is 0.460 e. The van der Waals surface area contributed by atoms with E-state index in [0.717, 1.165) is 0 Å². The van der Waals surface area contributed by atoms with Crippen molar-refractivity contribution in [1.82, 2.24) is 0 Å². The lowest BCUT2D eigenvalue weighted by Gasteiger charge is -2.19. The minimum atomic E-state index is -0.507. The van der Waals surface area contributed by atoms with E-state index in [1.165, 1.54) is 0 Å². The van der Waals surface area contributed by atoms with Gasteiger partial charge in [0.05, 0.1) is 33.0 Å². The molecule has 0 saturated heterocycles. The first-order valence-corrected chi connectivity index (χ1v) is 7.50. The zero-order chi connectivity index (χ0) is 17.7. The minimum Gasteiger partial charge on any atom is -0.460 e. The maximum atomic E-state index is 11.3. The molecule has 0 aromatic heterocycles. The Morgan fingerprint density at radius 2 is 1.35 bits per heavy atom. The molecule has 23 heavy (non-hydrogen) atoms. The van der Waals surface area contributed by atoms with E-state index in [2.05, 4.69) is 6.58 Å². The molecule has 7 heteroatoms. The maximum absolute atomic E-state index is 11.3. The van der Waals surface area contributed by atoms with Gasteiger partial charge in [0.15, 0.2) is 0 Å². The van der Waals surface area contributed by atoms with E-state index in [9.17, 15) is 9.59 Å². The fraction of sp³-hybridized carbons (Fsp3) is 0.750. The van der Waals surface area contributed by atoms with Crippen molar-refractivity contribution in [1.29, 1.82) is 0 Å². The lowest BCUT2D eigenvalue weighted by molar-refractivity contribution is -0.160. The molecular weight excluding hydrogens is 304 g/mol. The molecule has 0 amide bonds. The first-order valence-electron chi connectivity index (χ1n) is 7.50. The lowest BCUT2D eigenvalue weighted by atomic mass is 10.2. The second kappa shape index (κ2) is 12.0. The Balaban J connectivity index is 3.30. The molecule has 0 radical (unpaired) electrons. The molecule has 0 unspecified atom stereocenters. The number of hydrogen-bond donors (Lipinski definition) is 0. The van der Waals surface area contributed by atoms with Crippen LogP contribution in [0.3, 0.4) is 0 Å². The second-order valence-electron chi connectivity index (χ2n) is 5.78. The zero-order valence-corrected chi connectivity index (χ0v) is 14.5. The molecular formula is C16H28O7. The van der Waals surface area contributed by atoms with Crippen LogP contribution in [0.1, 0.15) is 27.7 Å². The van der Waals surface area contributed by atoms with Crippen LogP contribution in [0.2, 0.25) is 0 Å². The van der Waals surface area contributed by atoms with Gasteiger partial charge in [-0.15, -0.1) is 0 Å². The van der Waals surface area contributed by atoms with E-state index in [1.807, 2.05) is 0 Å². The SMILES string of the molecule is C=C(C)C(=O)OCCOCCOCCOCC(=O)OC(C)(C)C. The Bertz CT molecular complexity index is 371. The zero-order valence-electron chi connectivity index (χ0n) is 14.5. The number of carbonyl (C=O) groups excluding carboxylic acids is 2. The van der Waals surface area contributed by atoms with Gasteiger partial charge in [-0.25, -0.2) is 9.59 Å². The predicted octanol–water partition coefficient (Wildman–Crippen LogP) is 1.50. The van der Waals surface area contributed by atoms with Crippen molar-refractivity contribution >= 4 is 11.9 Å². The Morgan fingerprint density at radius 1 is 0.870 bits per heavy atom. The van der Waals surface area contributed by atoms with Crippen molar-refractivity contribution in [3.8, 4) is 0 Å². The van der Waals surface area contributed by atoms with Crippen LogP contribution in [0.25, 0.3) is 0 Å². The first kappa shape index (κ1) is 21.6. The fourth-order valence-corrected chi connectivity index (χ4v) is 1.28. The molecule has 0 aromatic rings. The lowest BCUT2D eigenvalue weighted by Crippen LogP contribution is -2.27. The Kier molecular flexibility index (Phi) is 11.3. The standard InChI is InChI=1S/C16H28O7/c1-13(2)15(18)22-11-10-20-7-6-19-8-9-21-12-14(17)23-16(3,4)5/h1,6-12H2,2-5H3. The van der Waals surface area contributed by atoms with Crippen LogP contribution in [-0.4, -0.2) is 63.8 Å². The Morgan fingerprint density at radius 3 is 1.83 bits per heavy atom. The van der Waals surface area contributed by atoms with E-state index in [-0.39, 0.29) is 13.2 Å². The number of esters is 2. The molecule has 134 valence electrons. The van der Waals surface area contributed by atoms with Crippen LogP contribution < -0.4 is 0 Å². The third kappa shape index (κ3) is 15.2. The van der Waals surface area contributed by atoms with Crippen LogP contribution >= 0.6 is 0 Å². The van der Waals surface area contributed by atoms with Crippen molar-refractivity contribution in [3.05, 3.63) is 12.2 Å². The summed E-state index contributed by atoms with van der Waals surface area (Å²) in [6, 6.07) is 0. The molecule has 0 bridgehead atoms. The smallest absolute Gasteiger partial charge is 0.333 e. The van der Waals surface area contributed by atoms with Crippen LogP contribution in [0.15, 0.2) is 12.2 Å². The van der Waals surface area contributed by atoms with E-state index in [0.29, 0.717) is 38.6 Å². The monoisotopic (exact) mass is 332 g/mol. The maximum Gasteiger partial charge on any atom is 0.333 e. The summed E-state index contributed by atoms with van der Waals surface area (Å²) >= 11 is 0. The third-order valence-electron chi connectivity index (χ3n) is 2.19. The van der Waals surface area contributed by atoms with Gasteiger partial charge in [0.25, 0.3) is 0 Å². The highest BCUT2D eigenvalue weighted by Crippen LogP contribution is 2.06. The summed E-state index contributed by atoms with van der Waals surface area (Å²) in [5.74, 6) is -0.822. The highest BCUT2D eigenvalue weighted by atomic mass is 16.6. The van der Waals surface area contributed by atoms with Gasteiger partial charge in [-0.05, 0) is 27.7 Å². The third-order valence-corrected chi connectivity index (χ3v) is 2.19. The van der Waals surface area contributed by atoms with Gasteiger partial charge < -0.3 is 23.7 Å². The van der Waals surface area contributed by atoms with Crippen molar-refractivity contribution in [2.75, 3.05) is 46.2 Å². The van der Waals surface area contributed by atoms with Crippen molar-refractivity contribution in [3.63, 3.8) is 0 Å². The van der Waals surface area contributed by atoms with Crippen LogP contribution in [0.4, 0.5) is 0 Å². The molecule has 0 aromatic carbocycles. The Hall–Kier alpha value is -1.44. The summed E-state index contributed by atoms with van der Waals surface area (Å²) in [6.45, 7) is 12.3. The highest BCUT2D eigenvalue weighted by Gasteiger charge is 2.15. The van der Waals surface area contributed by atoms with Crippen molar-refractivity contribution in [2.45, 2.75) is 33.3 Å². The molecule has 0 atom stereocenters. The van der Waals surface area contributed by atoms with Gasteiger partial charge in [0, 0.05) is 5.57 Å². The van der Waals surface area contributed by atoms with E-state index < -0.39 is 17.5 Å². The summed E-state index contributed by atoms with van der Waals surface area (Å²) in [6.07, 6.45) is 0. The number of ether oxygens (including phenoxy) is 5. The van der Waals surface area contributed by atoms with Crippen LogP contribution in [0.5, 0.6) is 0 Å². The second-order valence-corrected chi connectivity index (χ2v) is 5.78. The molecule has 0 aliphatic rings. The minimum absolute atomic E-state index is 0.0920. The number of hydrogen-bond acceptors (Lipinski definition) is 7. The van der Waals surface area contributed by atoms with E-state index in [4.69, 9.17) is 23.7 Å². The van der Waals surface area contributed by atoms with Gasteiger partial charge in [-0.3, -0.25) is 0 Å². The predicted molar refractivity (Wildman–Crippen MR) is 84.1 cm³/mol. The topological polar surface area (TPSA) is 80.3 Å². The molecule has 0 spiro atoms. The fourth-order valence-electron chi connectivity index (χ4n) is 1.28. The van der Waals surface area contributed by atoms with Crippen molar-refractivity contribution < 1.29 is 33.3 Å². The highest BCUT2D eigenvalue weighted by molar-refractivity contribution is 5.86. The summed E-state index contributed by atoms with van der Waals surface area (Å²) in [5, 5.41) is 0. The molecule has 0 heterocycles. The van der Waals surface area contributed by atoms with Crippen LogP contribution in [-0.2, 0) is 33.3 Å². The van der Waals surface area contributed by atoms with E-state index in [1.54, 1.807) is 27.7 Å². The molecule has 0 aliphatic carbocycles. The van der Waals surface area contributed by atoms with Gasteiger partial charge in [-0.2, -0.15) is 0 Å². The molecule has 0 rings (SSSR count). The number of carbonyl (C=O) groups is 2. The molecule has 0 N–H and O–H groups in total. The van der Waals surface area contributed by atoms with Crippen LogP contribution in [0, 0.1) is 0 Å². The van der Waals surface area contributed by atoms with Gasteiger partial charge >= 0.3 is 11.9 Å². The number of rotatable bonds is 12. The molecule has 0 fully saturated rings. The molecule has 0 aliphatic heterocycles.